The number of nitrogens with one attached hydrogen (secondary N) is 1. The van der Waals surface area contributed by atoms with Crippen LogP contribution in [0.2, 0.25) is 0 Å². The Bertz CT molecular complexity index is 530. The summed E-state index contributed by atoms with van der Waals surface area (Å²) < 4.78 is 0. The van der Waals surface area contributed by atoms with Crippen molar-refractivity contribution in [1.82, 2.24) is 5.32 Å². The van der Waals surface area contributed by atoms with Gasteiger partial charge in [0.05, 0.1) is 0 Å². The summed E-state index contributed by atoms with van der Waals surface area (Å²) in [5, 5.41) is 5.80. The van der Waals surface area contributed by atoms with Gasteiger partial charge in [-0.25, -0.2) is 0 Å². The fraction of sp³-hybridized carbons (Fsp3) is 0.412. The maximum absolute atomic E-state index is 3.64. The van der Waals surface area contributed by atoms with Gasteiger partial charge in [-0.05, 0) is 53.9 Å². The molecule has 1 aliphatic carbocycles. The molecule has 19 heavy (non-hydrogen) atoms. The largest absolute Gasteiger partial charge is 0.310 e. The molecular formula is C17H21NS. The Morgan fingerprint density at radius 2 is 2.11 bits per heavy atom. The third-order valence-electron chi connectivity index (χ3n) is 3.96. The second-order valence-corrected chi connectivity index (χ2v) is 6.31. The average Bonchev–Trinajstić information content (AvgIpc) is 3.08. The van der Waals surface area contributed by atoms with Crippen LogP contribution >= 0.6 is 11.3 Å². The fourth-order valence-corrected chi connectivity index (χ4v) is 3.74. The van der Waals surface area contributed by atoms with Crippen LogP contribution in [0.1, 0.15) is 41.0 Å². The SMILES string of the molecule is CCNC(Cc1cccs1)c1ccc2c(c1)CCC2. The van der Waals surface area contributed by atoms with E-state index in [1.807, 2.05) is 11.3 Å². The molecule has 100 valence electrons. The molecule has 3 rings (SSSR count). The molecule has 1 atom stereocenters. The number of rotatable bonds is 5. The molecule has 1 nitrogen and oxygen atoms in total. The van der Waals surface area contributed by atoms with Crippen molar-refractivity contribution in [3.05, 3.63) is 57.3 Å². The lowest BCUT2D eigenvalue weighted by atomic mass is 9.98. The third-order valence-corrected chi connectivity index (χ3v) is 4.86. The summed E-state index contributed by atoms with van der Waals surface area (Å²) in [4.78, 5) is 1.46. The van der Waals surface area contributed by atoms with Gasteiger partial charge in [0.25, 0.3) is 0 Å². The van der Waals surface area contributed by atoms with Gasteiger partial charge in [0, 0.05) is 17.3 Å². The Balaban J connectivity index is 1.83. The van der Waals surface area contributed by atoms with Gasteiger partial charge in [-0.15, -0.1) is 11.3 Å². The molecule has 1 heterocycles. The summed E-state index contributed by atoms with van der Waals surface area (Å²) in [6.07, 6.45) is 4.97. The zero-order valence-electron chi connectivity index (χ0n) is 11.5. The van der Waals surface area contributed by atoms with E-state index in [2.05, 4.69) is 48.0 Å². The molecule has 0 aliphatic heterocycles. The van der Waals surface area contributed by atoms with Crippen molar-refractivity contribution < 1.29 is 0 Å². The van der Waals surface area contributed by atoms with Crippen molar-refractivity contribution in [2.24, 2.45) is 0 Å². The quantitative estimate of drug-likeness (QED) is 0.862. The first kappa shape index (κ1) is 12.9. The predicted molar refractivity (Wildman–Crippen MR) is 82.9 cm³/mol. The number of hydrogen-bond acceptors (Lipinski definition) is 2. The average molecular weight is 271 g/mol. The fourth-order valence-electron chi connectivity index (χ4n) is 2.99. The molecule has 1 aromatic heterocycles. The molecule has 0 amide bonds. The van der Waals surface area contributed by atoms with Crippen molar-refractivity contribution in [1.29, 1.82) is 0 Å². The lowest BCUT2D eigenvalue weighted by molar-refractivity contribution is 0.553. The highest BCUT2D eigenvalue weighted by Gasteiger charge is 2.16. The van der Waals surface area contributed by atoms with Gasteiger partial charge < -0.3 is 5.32 Å². The van der Waals surface area contributed by atoms with E-state index in [4.69, 9.17) is 0 Å². The Morgan fingerprint density at radius 3 is 2.89 bits per heavy atom. The maximum Gasteiger partial charge on any atom is 0.0368 e. The van der Waals surface area contributed by atoms with Gasteiger partial charge in [-0.3, -0.25) is 0 Å². The first-order chi connectivity index (χ1) is 9.36. The molecule has 1 aromatic carbocycles. The highest BCUT2D eigenvalue weighted by molar-refractivity contribution is 7.09. The van der Waals surface area contributed by atoms with Crippen LogP contribution in [-0.4, -0.2) is 6.54 Å². The van der Waals surface area contributed by atoms with E-state index >= 15 is 0 Å². The predicted octanol–water partition coefficient (Wildman–Crippen LogP) is 4.13. The van der Waals surface area contributed by atoms with E-state index in [1.54, 1.807) is 11.1 Å². The van der Waals surface area contributed by atoms with E-state index in [9.17, 15) is 0 Å². The van der Waals surface area contributed by atoms with Gasteiger partial charge in [0.1, 0.15) is 0 Å². The van der Waals surface area contributed by atoms with Crippen molar-refractivity contribution >= 4 is 11.3 Å². The summed E-state index contributed by atoms with van der Waals surface area (Å²) >= 11 is 1.86. The molecule has 0 bridgehead atoms. The van der Waals surface area contributed by atoms with Crippen molar-refractivity contribution in [2.45, 2.75) is 38.6 Å². The second kappa shape index (κ2) is 5.89. The molecule has 0 saturated carbocycles. The lowest BCUT2D eigenvalue weighted by Crippen LogP contribution is -2.22. The molecule has 0 radical (unpaired) electrons. The van der Waals surface area contributed by atoms with E-state index in [0.717, 1.165) is 13.0 Å². The zero-order valence-corrected chi connectivity index (χ0v) is 12.3. The van der Waals surface area contributed by atoms with Gasteiger partial charge in [0.2, 0.25) is 0 Å². The molecular weight excluding hydrogens is 250 g/mol. The lowest BCUT2D eigenvalue weighted by Gasteiger charge is -2.18. The van der Waals surface area contributed by atoms with E-state index in [1.165, 1.54) is 29.7 Å². The van der Waals surface area contributed by atoms with Crippen LogP contribution in [0.5, 0.6) is 0 Å². The number of likely N-dealkylation sites (N-methyl/N-ethyl adjacent to an activating group) is 1. The standard InChI is InChI=1S/C17H21NS/c1-2-18-17(12-16-7-4-10-19-16)15-9-8-13-5-3-6-14(13)11-15/h4,7-11,17-18H,2-3,5-6,12H2,1H3. The van der Waals surface area contributed by atoms with Crippen LogP contribution in [0, 0.1) is 0 Å². The van der Waals surface area contributed by atoms with Crippen LogP contribution in [0.25, 0.3) is 0 Å². The molecule has 0 saturated heterocycles. The Kier molecular flexibility index (Phi) is 4.00. The summed E-state index contributed by atoms with van der Waals surface area (Å²) in [6, 6.07) is 11.9. The smallest absolute Gasteiger partial charge is 0.0368 e. The first-order valence-corrected chi connectivity index (χ1v) is 8.12. The minimum absolute atomic E-state index is 0.453. The Morgan fingerprint density at radius 1 is 1.21 bits per heavy atom. The van der Waals surface area contributed by atoms with Gasteiger partial charge >= 0.3 is 0 Å². The monoisotopic (exact) mass is 271 g/mol. The number of benzene rings is 1. The molecule has 1 aliphatic rings. The van der Waals surface area contributed by atoms with E-state index < -0.39 is 0 Å². The van der Waals surface area contributed by atoms with Crippen LogP contribution < -0.4 is 5.32 Å². The van der Waals surface area contributed by atoms with Gasteiger partial charge in [-0.1, -0.05) is 31.2 Å². The Labute approximate surface area is 119 Å². The van der Waals surface area contributed by atoms with E-state index in [-0.39, 0.29) is 0 Å². The second-order valence-electron chi connectivity index (χ2n) is 5.28. The summed E-state index contributed by atoms with van der Waals surface area (Å²) in [5.41, 5.74) is 4.60. The van der Waals surface area contributed by atoms with Crippen LogP contribution in [0.15, 0.2) is 35.7 Å². The number of aryl methyl sites for hydroxylation is 2. The highest BCUT2D eigenvalue weighted by atomic mass is 32.1. The molecule has 0 fully saturated rings. The third kappa shape index (κ3) is 2.90. The molecule has 2 aromatic rings. The Hall–Kier alpha value is -1.12. The molecule has 2 heteroatoms. The number of hydrogen-bond donors (Lipinski definition) is 1. The molecule has 1 unspecified atom stereocenters. The summed E-state index contributed by atoms with van der Waals surface area (Å²) in [6.45, 7) is 3.21. The van der Waals surface area contributed by atoms with Crippen LogP contribution in [-0.2, 0) is 19.3 Å². The summed E-state index contributed by atoms with van der Waals surface area (Å²) in [5.74, 6) is 0. The zero-order chi connectivity index (χ0) is 13.1. The van der Waals surface area contributed by atoms with E-state index in [0.29, 0.717) is 6.04 Å². The van der Waals surface area contributed by atoms with Gasteiger partial charge in [0.15, 0.2) is 0 Å². The number of fused-ring (bicyclic) bond motifs is 1. The van der Waals surface area contributed by atoms with Crippen molar-refractivity contribution in [2.75, 3.05) is 6.54 Å². The minimum atomic E-state index is 0.453. The van der Waals surface area contributed by atoms with Crippen LogP contribution in [0.3, 0.4) is 0 Å². The topological polar surface area (TPSA) is 12.0 Å². The number of thiophene rings is 1. The van der Waals surface area contributed by atoms with Gasteiger partial charge in [-0.2, -0.15) is 0 Å². The minimum Gasteiger partial charge on any atom is -0.310 e. The first-order valence-electron chi connectivity index (χ1n) is 7.24. The van der Waals surface area contributed by atoms with Crippen molar-refractivity contribution in [3.8, 4) is 0 Å². The molecule has 0 spiro atoms. The van der Waals surface area contributed by atoms with Crippen molar-refractivity contribution in [3.63, 3.8) is 0 Å². The maximum atomic E-state index is 3.64. The summed E-state index contributed by atoms with van der Waals surface area (Å²) in [7, 11) is 0. The van der Waals surface area contributed by atoms with Crippen LogP contribution in [0.4, 0.5) is 0 Å². The normalized spacial score (nSPS) is 15.4. The highest BCUT2D eigenvalue weighted by Crippen LogP contribution is 2.27. The molecule has 1 N–H and O–H groups in total.